The Bertz CT molecular complexity index is 745. The fraction of sp³-hybridized carbons (Fsp3) is 0.500. The van der Waals surface area contributed by atoms with Gasteiger partial charge < -0.3 is 15.2 Å². The highest BCUT2D eigenvalue weighted by molar-refractivity contribution is 6.35. The number of nitrogens with one attached hydrogen (secondary N) is 2. The van der Waals surface area contributed by atoms with E-state index in [0.717, 1.165) is 30.8 Å². The number of hydrogen-bond acceptors (Lipinski definition) is 4. The lowest BCUT2D eigenvalue weighted by Crippen LogP contribution is -2.39. The van der Waals surface area contributed by atoms with Gasteiger partial charge in [-0.25, -0.2) is 0 Å². The van der Waals surface area contributed by atoms with E-state index in [0.29, 0.717) is 21.9 Å². The van der Waals surface area contributed by atoms with E-state index in [1.54, 1.807) is 13.1 Å². The highest BCUT2D eigenvalue weighted by atomic mass is 35.5. The summed E-state index contributed by atoms with van der Waals surface area (Å²) in [6, 6.07) is 5.48. The molecule has 0 aliphatic heterocycles. The van der Waals surface area contributed by atoms with Crippen LogP contribution in [0.5, 0.6) is 0 Å². The summed E-state index contributed by atoms with van der Waals surface area (Å²) in [6.45, 7) is 6.84. The molecule has 0 fully saturated rings. The number of hydrogen-bond donors (Lipinski definition) is 2. The van der Waals surface area contributed by atoms with Gasteiger partial charge in [0.05, 0.1) is 6.04 Å². The zero-order valence-corrected chi connectivity index (χ0v) is 17.0. The highest BCUT2D eigenvalue weighted by Gasteiger charge is 2.12. The number of guanidine groups is 1. The molecule has 142 valence electrons. The minimum atomic E-state index is -0.00416. The Morgan fingerprint density at radius 2 is 2.04 bits per heavy atom. The highest BCUT2D eigenvalue weighted by Crippen LogP contribution is 2.25. The molecule has 2 N–H and O–H groups in total. The summed E-state index contributed by atoms with van der Waals surface area (Å²) in [5.74, 6) is 2.39. The number of aryl methyl sites for hydroxylation is 1. The summed E-state index contributed by atoms with van der Waals surface area (Å²) in [5, 5.41) is 11.8. The summed E-state index contributed by atoms with van der Waals surface area (Å²) in [5.41, 5.74) is 0.964. The van der Waals surface area contributed by atoms with Crippen LogP contribution in [0.2, 0.25) is 10.0 Å². The summed E-state index contributed by atoms with van der Waals surface area (Å²) in [4.78, 5) is 8.62. The maximum atomic E-state index is 6.26. The van der Waals surface area contributed by atoms with Crippen molar-refractivity contribution in [2.45, 2.75) is 45.6 Å². The predicted molar refractivity (Wildman–Crippen MR) is 106 cm³/mol. The fourth-order valence-corrected chi connectivity index (χ4v) is 2.95. The first kappa shape index (κ1) is 20.5. The summed E-state index contributed by atoms with van der Waals surface area (Å²) >= 11 is 12.2. The summed E-state index contributed by atoms with van der Waals surface area (Å²) in [7, 11) is 1.73. The van der Waals surface area contributed by atoms with Crippen LogP contribution in [0, 0.1) is 0 Å². The molecule has 0 aliphatic rings. The van der Waals surface area contributed by atoms with Crippen LogP contribution in [0.4, 0.5) is 0 Å². The van der Waals surface area contributed by atoms with Crippen molar-refractivity contribution in [3.05, 3.63) is 45.5 Å². The van der Waals surface area contributed by atoms with Crippen molar-refractivity contribution in [3.63, 3.8) is 0 Å². The minimum Gasteiger partial charge on any atom is -0.356 e. The van der Waals surface area contributed by atoms with Gasteiger partial charge >= 0.3 is 0 Å². The lowest BCUT2D eigenvalue weighted by molar-refractivity contribution is 0.368. The summed E-state index contributed by atoms with van der Waals surface area (Å²) < 4.78 is 5.24. The first-order chi connectivity index (χ1) is 12.4. The van der Waals surface area contributed by atoms with E-state index < -0.39 is 0 Å². The van der Waals surface area contributed by atoms with E-state index in [4.69, 9.17) is 27.7 Å². The molecule has 0 saturated carbocycles. The van der Waals surface area contributed by atoms with E-state index in [1.165, 1.54) is 0 Å². The predicted octanol–water partition coefficient (Wildman–Crippen LogP) is 4.36. The van der Waals surface area contributed by atoms with Crippen molar-refractivity contribution >= 4 is 29.2 Å². The molecule has 1 aromatic heterocycles. The molecule has 0 saturated heterocycles. The van der Waals surface area contributed by atoms with Gasteiger partial charge in [0.15, 0.2) is 11.8 Å². The summed E-state index contributed by atoms with van der Waals surface area (Å²) in [6.07, 6.45) is 1.58. The minimum absolute atomic E-state index is 0.00416. The Labute approximate surface area is 164 Å². The number of halogens is 2. The molecule has 1 unspecified atom stereocenters. The van der Waals surface area contributed by atoms with Gasteiger partial charge in [-0.2, -0.15) is 4.98 Å². The molecule has 1 heterocycles. The van der Waals surface area contributed by atoms with Crippen molar-refractivity contribution < 1.29 is 4.52 Å². The van der Waals surface area contributed by atoms with E-state index >= 15 is 0 Å². The lowest BCUT2D eigenvalue weighted by Gasteiger charge is -2.19. The van der Waals surface area contributed by atoms with Gasteiger partial charge in [0.25, 0.3) is 0 Å². The van der Waals surface area contributed by atoms with Crippen LogP contribution < -0.4 is 10.6 Å². The zero-order valence-electron chi connectivity index (χ0n) is 15.5. The smallest absolute Gasteiger partial charge is 0.226 e. The molecule has 0 bridgehead atoms. The van der Waals surface area contributed by atoms with Crippen LogP contribution in [-0.4, -0.2) is 29.7 Å². The van der Waals surface area contributed by atoms with Gasteiger partial charge in [-0.3, -0.25) is 4.99 Å². The van der Waals surface area contributed by atoms with Crippen LogP contribution >= 0.6 is 23.2 Å². The molecule has 0 aliphatic carbocycles. The largest absolute Gasteiger partial charge is 0.356 e. The quantitative estimate of drug-likeness (QED) is 0.412. The van der Waals surface area contributed by atoms with E-state index in [2.05, 4.69) is 25.8 Å². The first-order valence-electron chi connectivity index (χ1n) is 8.65. The normalized spacial score (nSPS) is 13.1. The van der Waals surface area contributed by atoms with Gasteiger partial charge in [0, 0.05) is 36.0 Å². The monoisotopic (exact) mass is 397 g/mol. The second kappa shape index (κ2) is 9.78. The van der Waals surface area contributed by atoms with Crippen molar-refractivity contribution in [1.29, 1.82) is 0 Å². The number of aliphatic imine (C=N–C) groups is 1. The molecule has 2 rings (SSSR count). The Morgan fingerprint density at radius 3 is 2.65 bits per heavy atom. The Balaban J connectivity index is 1.80. The van der Waals surface area contributed by atoms with Gasteiger partial charge in [-0.15, -0.1) is 0 Å². The Kier molecular flexibility index (Phi) is 7.72. The topological polar surface area (TPSA) is 75.3 Å². The van der Waals surface area contributed by atoms with Crippen LogP contribution in [0.15, 0.2) is 27.7 Å². The number of rotatable bonds is 7. The molecule has 2 aromatic rings. The van der Waals surface area contributed by atoms with Crippen LogP contribution in [0.3, 0.4) is 0 Å². The molecule has 1 atom stereocenters. The van der Waals surface area contributed by atoms with Crippen molar-refractivity contribution in [1.82, 2.24) is 20.8 Å². The zero-order chi connectivity index (χ0) is 19.1. The third-order valence-electron chi connectivity index (χ3n) is 3.87. The fourth-order valence-electron chi connectivity index (χ4n) is 2.38. The maximum Gasteiger partial charge on any atom is 0.226 e. The van der Waals surface area contributed by atoms with E-state index in [-0.39, 0.29) is 12.0 Å². The number of benzene rings is 1. The van der Waals surface area contributed by atoms with Gasteiger partial charge in [0.2, 0.25) is 5.89 Å². The molecular formula is C18H25Cl2N5O. The Morgan fingerprint density at radius 1 is 1.27 bits per heavy atom. The molecular weight excluding hydrogens is 373 g/mol. The second-order valence-electron chi connectivity index (χ2n) is 6.34. The lowest BCUT2D eigenvalue weighted by atomic mass is 10.1. The van der Waals surface area contributed by atoms with Crippen LogP contribution in [-0.2, 0) is 6.42 Å². The molecule has 1 aromatic carbocycles. The van der Waals surface area contributed by atoms with Crippen molar-refractivity contribution in [2.75, 3.05) is 13.6 Å². The molecule has 0 spiro atoms. The second-order valence-corrected chi connectivity index (χ2v) is 7.18. The SMILES string of the molecule is CN=C(NCCCc1nc(C(C)C)no1)NC(C)c1ccc(Cl)cc1Cl. The Hall–Kier alpha value is -1.79. The van der Waals surface area contributed by atoms with E-state index in [9.17, 15) is 0 Å². The average Bonchev–Trinajstić information content (AvgIpc) is 3.06. The molecule has 6 nitrogen and oxygen atoms in total. The maximum absolute atomic E-state index is 6.26. The average molecular weight is 398 g/mol. The van der Waals surface area contributed by atoms with Gasteiger partial charge in [-0.05, 0) is 31.0 Å². The number of nitrogens with zero attached hydrogens (tertiary/aromatic N) is 3. The van der Waals surface area contributed by atoms with Gasteiger partial charge in [0.1, 0.15) is 0 Å². The van der Waals surface area contributed by atoms with Crippen molar-refractivity contribution in [2.24, 2.45) is 4.99 Å². The molecule has 0 amide bonds. The molecule has 26 heavy (non-hydrogen) atoms. The van der Waals surface area contributed by atoms with Gasteiger partial charge in [-0.1, -0.05) is 48.3 Å². The standard InChI is InChI=1S/C18H25Cl2N5O/c1-11(2)17-24-16(26-25-17)6-5-9-22-18(21-4)23-12(3)14-8-7-13(19)10-15(14)20/h7-8,10-12H,5-6,9H2,1-4H3,(H2,21,22,23). The van der Waals surface area contributed by atoms with Crippen LogP contribution in [0.1, 0.15) is 56.4 Å². The first-order valence-corrected chi connectivity index (χ1v) is 9.41. The van der Waals surface area contributed by atoms with Crippen LogP contribution in [0.25, 0.3) is 0 Å². The number of aromatic nitrogens is 2. The van der Waals surface area contributed by atoms with E-state index in [1.807, 2.05) is 32.9 Å². The third kappa shape index (κ3) is 5.88. The third-order valence-corrected chi connectivity index (χ3v) is 4.43. The molecule has 0 radical (unpaired) electrons. The molecule has 8 heteroatoms. The van der Waals surface area contributed by atoms with Crippen molar-refractivity contribution in [3.8, 4) is 0 Å².